The van der Waals surface area contributed by atoms with Gasteiger partial charge >= 0.3 is 0 Å². The Morgan fingerprint density at radius 3 is 1.16 bits per heavy atom. The first-order valence-corrected chi connectivity index (χ1v) is 36.2. The Balaban J connectivity index is 1.50. The van der Waals surface area contributed by atoms with Gasteiger partial charge in [0, 0.05) is 6.42 Å². The molecule has 14 nitrogen and oxygen atoms in total. The highest BCUT2D eigenvalue weighted by Crippen LogP contribution is 2.30. The van der Waals surface area contributed by atoms with Crippen LogP contribution >= 0.6 is 0 Å². The SMILES string of the molecule is CCCCCCC/C=C\C/C=C\CCCCCCCCCCCCCCCCCCCCCCCCCCCCCCCC(=O)NC(COC1OC(CO)C(OC2OC(CO)C(O)C(O)C2O)C(O)C1O)C(O)/C=C/CCCCCCCCCCC. The molecule has 506 valence electrons. The normalized spacial score (nSPS) is 23.6. The molecule has 12 unspecified atom stereocenters. The van der Waals surface area contributed by atoms with E-state index in [1.54, 1.807) is 6.08 Å². The highest BCUT2D eigenvalue weighted by atomic mass is 16.7. The van der Waals surface area contributed by atoms with Crippen molar-refractivity contribution in [1.82, 2.24) is 5.32 Å². The average Bonchev–Trinajstić information content (AvgIpc) is 1.60. The molecule has 2 heterocycles. The maximum absolute atomic E-state index is 13.3. The number of ether oxygens (including phenoxy) is 4. The molecule has 0 radical (unpaired) electrons. The van der Waals surface area contributed by atoms with Gasteiger partial charge in [0.1, 0.15) is 48.8 Å². The van der Waals surface area contributed by atoms with E-state index in [0.29, 0.717) is 6.42 Å². The van der Waals surface area contributed by atoms with Crippen LogP contribution in [0.25, 0.3) is 0 Å². The Bertz CT molecular complexity index is 1580. The van der Waals surface area contributed by atoms with Crippen LogP contribution in [-0.4, -0.2) is 140 Å². The van der Waals surface area contributed by atoms with Gasteiger partial charge in [0.15, 0.2) is 12.6 Å². The summed E-state index contributed by atoms with van der Waals surface area (Å²) < 4.78 is 22.8. The molecule has 0 bridgehead atoms. The standard InChI is InChI=1S/C72H135NO13/c1-3-5-7-9-11-13-15-16-17-18-19-20-21-22-23-24-25-26-27-28-29-30-31-32-33-34-35-36-37-38-39-40-41-42-43-44-46-48-50-52-54-56-64(77)73-60(61(76)55-53-51-49-47-45-14-12-10-8-6-4-2)59-83-71-69(82)67(80)70(63(58-75)85-71)86-72-68(81)66(79)65(78)62(57-74)84-72/h15-16,18-19,53,55,60-63,65-72,74-76,78-82H,3-14,17,20-52,54,56-59H2,1-2H3,(H,73,77)/b16-15-,19-18-,55-53+. The second kappa shape index (κ2) is 57.1. The number of hydrogen-bond acceptors (Lipinski definition) is 13. The lowest BCUT2D eigenvalue weighted by molar-refractivity contribution is -0.359. The fourth-order valence-electron chi connectivity index (χ4n) is 12.0. The molecule has 2 saturated heterocycles. The van der Waals surface area contributed by atoms with Crippen molar-refractivity contribution in [3.63, 3.8) is 0 Å². The first-order valence-electron chi connectivity index (χ1n) is 36.2. The lowest BCUT2D eigenvalue weighted by Gasteiger charge is -2.46. The van der Waals surface area contributed by atoms with Gasteiger partial charge in [-0.1, -0.05) is 301 Å². The summed E-state index contributed by atoms with van der Waals surface area (Å²) in [5.74, 6) is -0.235. The van der Waals surface area contributed by atoms with Crippen molar-refractivity contribution in [3.8, 4) is 0 Å². The number of carbonyl (C=O) groups excluding carboxylic acids is 1. The minimum Gasteiger partial charge on any atom is -0.394 e. The van der Waals surface area contributed by atoms with Crippen molar-refractivity contribution in [2.24, 2.45) is 0 Å². The van der Waals surface area contributed by atoms with Gasteiger partial charge in [0.05, 0.1) is 32.0 Å². The van der Waals surface area contributed by atoms with E-state index in [1.165, 1.54) is 250 Å². The van der Waals surface area contributed by atoms with Crippen molar-refractivity contribution in [2.45, 2.75) is 396 Å². The zero-order valence-corrected chi connectivity index (χ0v) is 55.1. The average molecular weight is 1220 g/mol. The maximum Gasteiger partial charge on any atom is 0.220 e. The Hall–Kier alpha value is -1.79. The van der Waals surface area contributed by atoms with Crippen molar-refractivity contribution in [1.29, 1.82) is 0 Å². The number of allylic oxidation sites excluding steroid dienone is 5. The van der Waals surface area contributed by atoms with Crippen LogP contribution in [-0.2, 0) is 23.7 Å². The van der Waals surface area contributed by atoms with E-state index in [0.717, 1.165) is 44.9 Å². The molecule has 9 N–H and O–H groups in total. The summed E-state index contributed by atoms with van der Waals surface area (Å²) in [7, 11) is 0. The van der Waals surface area contributed by atoms with Crippen molar-refractivity contribution in [2.75, 3.05) is 19.8 Å². The van der Waals surface area contributed by atoms with Crippen LogP contribution in [0.3, 0.4) is 0 Å². The number of unbranched alkanes of at least 4 members (excludes halogenated alkanes) is 43. The van der Waals surface area contributed by atoms with E-state index in [2.05, 4.69) is 43.5 Å². The minimum atomic E-state index is -1.79. The van der Waals surface area contributed by atoms with Crippen LogP contribution in [0.15, 0.2) is 36.5 Å². The zero-order valence-electron chi connectivity index (χ0n) is 55.1. The molecule has 2 fully saturated rings. The Morgan fingerprint density at radius 1 is 0.419 bits per heavy atom. The van der Waals surface area contributed by atoms with E-state index >= 15 is 0 Å². The van der Waals surface area contributed by atoms with Gasteiger partial charge < -0.3 is 65.1 Å². The van der Waals surface area contributed by atoms with E-state index < -0.39 is 86.8 Å². The molecule has 86 heavy (non-hydrogen) atoms. The van der Waals surface area contributed by atoms with Crippen molar-refractivity contribution < 1.29 is 64.6 Å². The summed E-state index contributed by atoms with van der Waals surface area (Å²) in [5.41, 5.74) is 0. The topological polar surface area (TPSA) is 228 Å². The van der Waals surface area contributed by atoms with Crippen LogP contribution in [0.1, 0.15) is 322 Å². The third-order valence-corrected chi connectivity index (χ3v) is 17.8. The van der Waals surface area contributed by atoms with E-state index in [1.807, 2.05) is 6.08 Å². The summed E-state index contributed by atoms with van der Waals surface area (Å²) in [4.78, 5) is 13.3. The summed E-state index contributed by atoms with van der Waals surface area (Å²) in [6, 6.07) is -0.911. The van der Waals surface area contributed by atoms with E-state index in [-0.39, 0.29) is 18.9 Å². The Kier molecular flexibility index (Phi) is 53.4. The first-order chi connectivity index (χ1) is 42.1. The molecule has 2 rings (SSSR count). The highest BCUT2D eigenvalue weighted by Gasteiger charge is 2.51. The monoisotopic (exact) mass is 1220 g/mol. The summed E-state index contributed by atoms with van der Waals surface area (Å²) >= 11 is 0. The van der Waals surface area contributed by atoms with E-state index in [9.17, 15) is 45.6 Å². The molecular weight excluding hydrogens is 1090 g/mol. The van der Waals surface area contributed by atoms with Gasteiger partial charge in [-0.05, 0) is 51.4 Å². The molecule has 0 spiro atoms. The molecule has 0 saturated carbocycles. The number of aliphatic hydroxyl groups is 8. The second-order valence-corrected chi connectivity index (χ2v) is 25.7. The molecule has 12 atom stereocenters. The summed E-state index contributed by atoms with van der Waals surface area (Å²) in [6.07, 6.45) is 56.9. The van der Waals surface area contributed by atoms with Crippen LogP contribution in [0.5, 0.6) is 0 Å². The lowest BCUT2D eigenvalue weighted by atomic mass is 9.97. The molecule has 2 aliphatic heterocycles. The zero-order chi connectivity index (χ0) is 62.3. The molecule has 14 heteroatoms. The minimum absolute atomic E-state index is 0.235. The molecule has 0 aliphatic carbocycles. The van der Waals surface area contributed by atoms with Crippen LogP contribution in [0.2, 0.25) is 0 Å². The number of rotatable bonds is 60. The van der Waals surface area contributed by atoms with Crippen LogP contribution in [0, 0.1) is 0 Å². The van der Waals surface area contributed by atoms with Gasteiger partial charge in [-0.15, -0.1) is 0 Å². The maximum atomic E-state index is 13.3. The third kappa shape index (κ3) is 40.8. The highest BCUT2D eigenvalue weighted by molar-refractivity contribution is 5.76. The number of nitrogens with one attached hydrogen (secondary N) is 1. The van der Waals surface area contributed by atoms with Gasteiger partial charge in [-0.3, -0.25) is 4.79 Å². The van der Waals surface area contributed by atoms with Gasteiger partial charge in [0.25, 0.3) is 0 Å². The van der Waals surface area contributed by atoms with Crippen molar-refractivity contribution >= 4 is 5.91 Å². The summed E-state index contributed by atoms with van der Waals surface area (Å²) in [6.45, 7) is 2.79. The van der Waals surface area contributed by atoms with Crippen LogP contribution < -0.4 is 5.32 Å². The van der Waals surface area contributed by atoms with E-state index in [4.69, 9.17) is 18.9 Å². The molecule has 1 amide bonds. The fraction of sp³-hybridized carbons (Fsp3) is 0.903. The largest absolute Gasteiger partial charge is 0.394 e. The lowest BCUT2D eigenvalue weighted by Crippen LogP contribution is -2.65. The quantitative estimate of drug-likeness (QED) is 0.0204. The smallest absolute Gasteiger partial charge is 0.220 e. The Labute approximate surface area is 525 Å². The molecule has 0 aromatic carbocycles. The number of aliphatic hydroxyl groups excluding tert-OH is 8. The second-order valence-electron chi connectivity index (χ2n) is 25.7. The Morgan fingerprint density at radius 2 is 0.767 bits per heavy atom. The number of hydrogen-bond donors (Lipinski definition) is 9. The third-order valence-electron chi connectivity index (χ3n) is 17.8. The van der Waals surface area contributed by atoms with Gasteiger partial charge in [-0.2, -0.15) is 0 Å². The predicted molar refractivity (Wildman–Crippen MR) is 351 cm³/mol. The fourth-order valence-corrected chi connectivity index (χ4v) is 12.0. The van der Waals surface area contributed by atoms with Gasteiger partial charge in [0.2, 0.25) is 5.91 Å². The number of amides is 1. The number of carbonyl (C=O) groups is 1. The summed E-state index contributed by atoms with van der Waals surface area (Å²) in [5, 5.41) is 87.1. The van der Waals surface area contributed by atoms with Gasteiger partial charge in [-0.25, -0.2) is 0 Å². The van der Waals surface area contributed by atoms with Crippen LogP contribution in [0.4, 0.5) is 0 Å². The molecule has 0 aromatic heterocycles. The molecular formula is C72H135NO13. The van der Waals surface area contributed by atoms with Crippen molar-refractivity contribution in [3.05, 3.63) is 36.5 Å². The first kappa shape index (κ1) is 80.3. The molecule has 2 aliphatic rings. The predicted octanol–water partition coefficient (Wildman–Crippen LogP) is 14.9. The molecule has 0 aromatic rings.